The van der Waals surface area contributed by atoms with Crippen molar-refractivity contribution >= 4 is 9.84 Å². The number of hydrogen-bond donors (Lipinski definition) is 1. The Bertz CT molecular complexity index is 494. The number of aromatic nitrogens is 2. The van der Waals surface area contributed by atoms with Crippen molar-refractivity contribution in [2.75, 3.05) is 18.6 Å². The molecule has 0 radical (unpaired) electrons. The first-order chi connectivity index (χ1) is 8.93. The Hall–Kier alpha value is -0.880. The van der Waals surface area contributed by atoms with Crippen LogP contribution < -0.4 is 5.32 Å². The van der Waals surface area contributed by atoms with Gasteiger partial charge in [0.2, 0.25) is 0 Å². The number of aryl methyl sites for hydroxylation is 2. The van der Waals surface area contributed by atoms with Crippen LogP contribution in [-0.2, 0) is 23.3 Å². The van der Waals surface area contributed by atoms with E-state index >= 15 is 0 Å². The fourth-order valence-corrected chi connectivity index (χ4v) is 3.12. The summed E-state index contributed by atoms with van der Waals surface area (Å²) in [5, 5.41) is 7.69. The van der Waals surface area contributed by atoms with Gasteiger partial charge in [0.25, 0.3) is 0 Å². The topological polar surface area (TPSA) is 64.0 Å². The van der Waals surface area contributed by atoms with Gasteiger partial charge in [-0.15, -0.1) is 0 Å². The standard InChI is InChI=1S/C13H25N3O2S/c1-5-12-11(10-16(4)15-12)13(14-3)8-7-9-19(17,18)6-2/h10,13-14H,5-9H2,1-4H3. The summed E-state index contributed by atoms with van der Waals surface area (Å²) < 4.78 is 24.8. The molecule has 19 heavy (non-hydrogen) atoms. The first-order valence-electron chi connectivity index (χ1n) is 6.83. The van der Waals surface area contributed by atoms with Crippen LogP contribution in [0.3, 0.4) is 0 Å². The number of nitrogens with one attached hydrogen (secondary N) is 1. The summed E-state index contributed by atoms with van der Waals surface area (Å²) in [6, 6.07) is 0.177. The minimum atomic E-state index is -2.86. The smallest absolute Gasteiger partial charge is 0.150 e. The summed E-state index contributed by atoms with van der Waals surface area (Å²) >= 11 is 0. The lowest BCUT2D eigenvalue weighted by molar-refractivity contribution is 0.532. The third kappa shape index (κ3) is 4.62. The zero-order valence-corrected chi connectivity index (χ0v) is 13.1. The molecule has 6 heteroatoms. The normalized spacial score (nSPS) is 13.7. The largest absolute Gasteiger partial charge is 0.313 e. The van der Waals surface area contributed by atoms with Crippen molar-refractivity contribution in [2.45, 2.75) is 39.2 Å². The maximum atomic E-state index is 11.5. The molecule has 0 fully saturated rings. The molecular weight excluding hydrogens is 262 g/mol. The molecule has 1 N–H and O–H groups in total. The van der Waals surface area contributed by atoms with E-state index < -0.39 is 9.84 Å². The molecule has 0 aliphatic carbocycles. The minimum Gasteiger partial charge on any atom is -0.313 e. The molecule has 1 aromatic heterocycles. The molecule has 1 rings (SSSR count). The number of nitrogens with zero attached hydrogens (tertiary/aromatic N) is 2. The average molecular weight is 287 g/mol. The minimum absolute atomic E-state index is 0.177. The molecule has 0 aromatic carbocycles. The fraction of sp³-hybridized carbons (Fsp3) is 0.769. The molecule has 0 aliphatic heterocycles. The summed E-state index contributed by atoms with van der Waals surface area (Å²) in [6.07, 6.45) is 4.41. The van der Waals surface area contributed by atoms with Gasteiger partial charge in [0, 0.05) is 30.6 Å². The molecule has 5 nitrogen and oxygen atoms in total. The van der Waals surface area contributed by atoms with E-state index in [0.29, 0.717) is 6.42 Å². The van der Waals surface area contributed by atoms with Crippen LogP contribution in [0.2, 0.25) is 0 Å². The van der Waals surface area contributed by atoms with E-state index in [9.17, 15) is 8.42 Å². The predicted octanol–water partition coefficient (Wildman–Crippen LogP) is 1.46. The van der Waals surface area contributed by atoms with Gasteiger partial charge in [0.05, 0.1) is 11.4 Å². The Morgan fingerprint density at radius 1 is 1.42 bits per heavy atom. The van der Waals surface area contributed by atoms with Crippen molar-refractivity contribution in [1.82, 2.24) is 15.1 Å². The van der Waals surface area contributed by atoms with E-state index in [1.807, 2.05) is 25.0 Å². The van der Waals surface area contributed by atoms with Crippen molar-refractivity contribution in [3.8, 4) is 0 Å². The Labute approximate surface area is 116 Å². The summed E-state index contributed by atoms with van der Waals surface area (Å²) in [6.45, 7) is 3.78. The molecule has 1 atom stereocenters. The quantitative estimate of drug-likeness (QED) is 0.786. The van der Waals surface area contributed by atoms with E-state index in [2.05, 4.69) is 17.3 Å². The van der Waals surface area contributed by atoms with Crippen LogP contribution in [0.5, 0.6) is 0 Å². The van der Waals surface area contributed by atoms with Gasteiger partial charge in [-0.05, 0) is 26.3 Å². The lowest BCUT2D eigenvalue weighted by Crippen LogP contribution is -2.19. The number of sulfone groups is 1. The van der Waals surface area contributed by atoms with Crippen LogP contribution in [0.25, 0.3) is 0 Å². The molecule has 0 amide bonds. The molecule has 1 aromatic rings. The van der Waals surface area contributed by atoms with Crippen LogP contribution in [0.15, 0.2) is 6.20 Å². The second kappa shape index (κ2) is 7.05. The van der Waals surface area contributed by atoms with Crippen molar-refractivity contribution in [2.24, 2.45) is 7.05 Å². The SMILES string of the molecule is CCc1nn(C)cc1C(CCCS(=O)(=O)CC)NC. The van der Waals surface area contributed by atoms with Crippen LogP contribution in [0.1, 0.15) is 44.0 Å². The van der Waals surface area contributed by atoms with Crippen LogP contribution >= 0.6 is 0 Å². The van der Waals surface area contributed by atoms with Gasteiger partial charge < -0.3 is 5.32 Å². The van der Waals surface area contributed by atoms with Crippen molar-refractivity contribution in [3.05, 3.63) is 17.5 Å². The summed E-state index contributed by atoms with van der Waals surface area (Å²) in [5.74, 6) is 0.494. The predicted molar refractivity (Wildman–Crippen MR) is 77.9 cm³/mol. The zero-order valence-electron chi connectivity index (χ0n) is 12.3. The highest BCUT2D eigenvalue weighted by Crippen LogP contribution is 2.22. The van der Waals surface area contributed by atoms with Gasteiger partial charge in [0.15, 0.2) is 0 Å². The zero-order chi connectivity index (χ0) is 14.5. The van der Waals surface area contributed by atoms with Gasteiger partial charge in [-0.1, -0.05) is 13.8 Å². The molecule has 0 bridgehead atoms. The lowest BCUT2D eigenvalue weighted by Gasteiger charge is -2.15. The van der Waals surface area contributed by atoms with E-state index in [-0.39, 0.29) is 17.5 Å². The maximum absolute atomic E-state index is 11.5. The highest BCUT2D eigenvalue weighted by molar-refractivity contribution is 7.91. The van der Waals surface area contributed by atoms with Crippen LogP contribution in [0, 0.1) is 0 Å². The Kier molecular flexibility index (Phi) is 6.00. The molecule has 0 aliphatic rings. The average Bonchev–Trinajstić information content (AvgIpc) is 2.75. The second-order valence-corrected chi connectivity index (χ2v) is 7.25. The molecule has 0 spiro atoms. The first kappa shape index (κ1) is 16.2. The van der Waals surface area contributed by atoms with Gasteiger partial charge >= 0.3 is 0 Å². The molecule has 1 heterocycles. The summed E-state index contributed by atoms with van der Waals surface area (Å²) in [4.78, 5) is 0. The number of rotatable bonds is 8. The maximum Gasteiger partial charge on any atom is 0.150 e. The first-order valence-corrected chi connectivity index (χ1v) is 8.65. The highest BCUT2D eigenvalue weighted by Gasteiger charge is 2.17. The Morgan fingerprint density at radius 3 is 2.63 bits per heavy atom. The van der Waals surface area contributed by atoms with Crippen molar-refractivity contribution < 1.29 is 8.42 Å². The monoisotopic (exact) mass is 287 g/mol. The third-order valence-corrected chi connectivity index (χ3v) is 5.17. The second-order valence-electron chi connectivity index (χ2n) is 4.78. The van der Waals surface area contributed by atoms with E-state index in [0.717, 1.165) is 18.5 Å². The van der Waals surface area contributed by atoms with E-state index in [4.69, 9.17) is 0 Å². The third-order valence-electron chi connectivity index (χ3n) is 3.38. The highest BCUT2D eigenvalue weighted by atomic mass is 32.2. The van der Waals surface area contributed by atoms with Crippen LogP contribution in [-0.4, -0.2) is 36.8 Å². The molecule has 0 saturated heterocycles. The van der Waals surface area contributed by atoms with E-state index in [1.54, 1.807) is 6.92 Å². The lowest BCUT2D eigenvalue weighted by atomic mass is 10.0. The molecular formula is C13H25N3O2S. The van der Waals surface area contributed by atoms with Crippen molar-refractivity contribution in [1.29, 1.82) is 0 Å². The summed E-state index contributed by atoms with van der Waals surface area (Å²) in [7, 11) is 0.957. The molecule has 1 unspecified atom stereocenters. The fourth-order valence-electron chi connectivity index (χ4n) is 2.23. The Balaban J connectivity index is 2.68. The van der Waals surface area contributed by atoms with E-state index in [1.165, 1.54) is 5.56 Å². The van der Waals surface area contributed by atoms with Gasteiger partial charge in [-0.2, -0.15) is 5.10 Å². The van der Waals surface area contributed by atoms with Gasteiger partial charge in [-0.25, -0.2) is 8.42 Å². The van der Waals surface area contributed by atoms with Gasteiger partial charge in [0.1, 0.15) is 9.84 Å². The molecule has 0 saturated carbocycles. The number of hydrogen-bond acceptors (Lipinski definition) is 4. The summed E-state index contributed by atoms with van der Waals surface area (Å²) in [5.41, 5.74) is 2.27. The van der Waals surface area contributed by atoms with Gasteiger partial charge in [-0.3, -0.25) is 4.68 Å². The van der Waals surface area contributed by atoms with Crippen molar-refractivity contribution in [3.63, 3.8) is 0 Å². The van der Waals surface area contributed by atoms with Crippen LogP contribution in [0.4, 0.5) is 0 Å². The Morgan fingerprint density at radius 2 is 2.11 bits per heavy atom. The molecule has 110 valence electrons.